The van der Waals surface area contributed by atoms with Gasteiger partial charge in [-0.1, -0.05) is 23.7 Å². The van der Waals surface area contributed by atoms with E-state index >= 15 is 0 Å². The summed E-state index contributed by atoms with van der Waals surface area (Å²) in [4.78, 5) is 22.5. The summed E-state index contributed by atoms with van der Waals surface area (Å²) in [5.74, 6) is -1.51. The standard InChI is InChI=1S/C12H14ClN3O2/c1-8(2)15-11(17)12(18)16-14-7-9-3-5-10(13)6-4-9/h3-8H,1-2H3,(H,15,17)(H,16,18)/b14-7-. The van der Waals surface area contributed by atoms with E-state index in [0.717, 1.165) is 5.56 Å². The molecular formula is C12H14ClN3O2. The van der Waals surface area contributed by atoms with Gasteiger partial charge in [0.15, 0.2) is 0 Å². The summed E-state index contributed by atoms with van der Waals surface area (Å²) >= 11 is 5.72. The van der Waals surface area contributed by atoms with Crippen LogP contribution in [0.4, 0.5) is 0 Å². The van der Waals surface area contributed by atoms with Crippen molar-refractivity contribution in [2.75, 3.05) is 0 Å². The Morgan fingerprint density at radius 3 is 2.39 bits per heavy atom. The monoisotopic (exact) mass is 267 g/mol. The Hall–Kier alpha value is -1.88. The highest BCUT2D eigenvalue weighted by Crippen LogP contribution is 2.07. The SMILES string of the molecule is CC(C)NC(=O)C(=O)N/N=C\c1ccc(Cl)cc1. The van der Waals surface area contributed by atoms with Crippen molar-refractivity contribution >= 4 is 29.6 Å². The molecule has 1 rings (SSSR count). The first-order valence-corrected chi connectivity index (χ1v) is 5.76. The van der Waals surface area contributed by atoms with Gasteiger partial charge in [0.05, 0.1) is 6.21 Å². The topological polar surface area (TPSA) is 70.6 Å². The molecule has 96 valence electrons. The number of carbonyl (C=O) groups excluding carboxylic acids is 2. The lowest BCUT2D eigenvalue weighted by Gasteiger charge is -2.05. The first-order valence-electron chi connectivity index (χ1n) is 5.38. The molecule has 0 radical (unpaired) electrons. The van der Waals surface area contributed by atoms with Crippen molar-refractivity contribution in [2.24, 2.45) is 5.10 Å². The number of amides is 2. The number of hydrazone groups is 1. The first kappa shape index (κ1) is 14.2. The minimum Gasteiger partial charge on any atom is -0.346 e. The Balaban J connectivity index is 2.47. The molecule has 0 atom stereocenters. The number of hydrogen-bond acceptors (Lipinski definition) is 3. The average Bonchev–Trinajstić information content (AvgIpc) is 2.30. The molecule has 0 heterocycles. The van der Waals surface area contributed by atoms with Gasteiger partial charge in [-0.3, -0.25) is 9.59 Å². The van der Waals surface area contributed by atoms with Gasteiger partial charge in [-0.25, -0.2) is 5.43 Å². The summed E-state index contributed by atoms with van der Waals surface area (Å²) in [5.41, 5.74) is 2.90. The summed E-state index contributed by atoms with van der Waals surface area (Å²) in [5, 5.41) is 6.75. The zero-order valence-electron chi connectivity index (χ0n) is 10.1. The molecule has 0 spiro atoms. The van der Waals surface area contributed by atoms with E-state index in [2.05, 4.69) is 15.8 Å². The maximum absolute atomic E-state index is 11.3. The first-order chi connectivity index (χ1) is 8.49. The van der Waals surface area contributed by atoms with Crippen molar-refractivity contribution in [3.8, 4) is 0 Å². The van der Waals surface area contributed by atoms with E-state index in [0.29, 0.717) is 5.02 Å². The molecule has 0 saturated carbocycles. The second kappa shape index (κ2) is 6.76. The van der Waals surface area contributed by atoms with E-state index in [-0.39, 0.29) is 6.04 Å². The zero-order valence-corrected chi connectivity index (χ0v) is 10.9. The van der Waals surface area contributed by atoms with Crippen LogP contribution in [-0.2, 0) is 9.59 Å². The molecule has 2 amide bonds. The smallest absolute Gasteiger partial charge is 0.329 e. The molecule has 0 saturated heterocycles. The Kier molecular flexibility index (Phi) is 5.32. The quantitative estimate of drug-likeness (QED) is 0.493. The van der Waals surface area contributed by atoms with E-state index in [9.17, 15) is 9.59 Å². The average molecular weight is 268 g/mol. The molecule has 0 fully saturated rings. The van der Waals surface area contributed by atoms with Gasteiger partial charge in [0.25, 0.3) is 0 Å². The largest absolute Gasteiger partial charge is 0.346 e. The summed E-state index contributed by atoms with van der Waals surface area (Å²) in [6, 6.07) is 6.80. The van der Waals surface area contributed by atoms with Crippen LogP contribution in [0, 0.1) is 0 Å². The van der Waals surface area contributed by atoms with E-state index in [1.54, 1.807) is 38.1 Å². The number of nitrogens with one attached hydrogen (secondary N) is 2. The predicted octanol–water partition coefficient (Wildman–Crippen LogP) is 1.31. The fraction of sp³-hybridized carbons (Fsp3) is 0.250. The normalized spacial score (nSPS) is 10.7. The molecule has 0 aromatic heterocycles. The van der Waals surface area contributed by atoms with Crippen LogP contribution in [0.3, 0.4) is 0 Å². The van der Waals surface area contributed by atoms with Crippen LogP contribution in [0.5, 0.6) is 0 Å². The van der Waals surface area contributed by atoms with Crippen LogP contribution in [0.15, 0.2) is 29.4 Å². The Morgan fingerprint density at radius 1 is 1.22 bits per heavy atom. The van der Waals surface area contributed by atoms with Gasteiger partial charge in [-0.15, -0.1) is 0 Å². The Morgan fingerprint density at radius 2 is 1.83 bits per heavy atom. The van der Waals surface area contributed by atoms with Crippen LogP contribution in [0.1, 0.15) is 19.4 Å². The van der Waals surface area contributed by atoms with Crippen LogP contribution in [0.2, 0.25) is 5.02 Å². The van der Waals surface area contributed by atoms with Crippen LogP contribution in [-0.4, -0.2) is 24.1 Å². The van der Waals surface area contributed by atoms with Crippen molar-refractivity contribution < 1.29 is 9.59 Å². The molecule has 2 N–H and O–H groups in total. The minimum atomic E-state index is -0.797. The minimum absolute atomic E-state index is 0.0940. The number of hydrogen-bond donors (Lipinski definition) is 2. The molecule has 0 bridgehead atoms. The highest BCUT2D eigenvalue weighted by molar-refractivity contribution is 6.35. The third-order valence-corrected chi connectivity index (χ3v) is 2.13. The molecule has 1 aromatic carbocycles. The lowest BCUT2D eigenvalue weighted by Crippen LogP contribution is -2.41. The van der Waals surface area contributed by atoms with Gasteiger partial charge in [0.1, 0.15) is 0 Å². The second-order valence-electron chi connectivity index (χ2n) is 3.88. The number of carbonyl (C=O) groups is 2. The van der Waals surface area contributed by atoms with Gasteiger partial charge in [0, 0.05) is 11.1 Å². The lowest BCUT2D eigenvalue weighted by atomic mass is 10.2. The highest BCUT2D eigenvalue weighted by Gasteiger charge is 2.12. The number of rotatable bonds is 3. The van der Waals surface area contributed by atoms with Crippen molar-refractivity contribution in [1.82, 2.24) is 10.7 Å². The summed E-state index contributed by atoms with van der Waals surface area (Å²) in [6.07, 6.45) is 1.43. The molecule has 5 nitrogen and oxygen atoms in total. The number of halogens is 1. The Bertz CT molecular complexity index is 455. The van der Waals surface area contributed by atoms with E-state index in [1.807, 2.05) is 0 Å². The lowest BCUT2D eigenvalue weighted by molar-refractivity contribution is -0.139. The maximum atomic E-state index is 11.3. The highest BCUT2D eigenvalue weighted by atomic mass is 35.5. The van der Waals surface area contributed by atoms with Gasteiger partial charge >= 0.3 is 11.8 Å². The molecule has 1 aromatic rings. The van der Waals surface area contributed by atoms with Crippen molar-refractivity contribution in [2.45, 2.75) is 19.9 Å². The Labute approximate surface area is 110 Å². The van der Waals surface area contributed by atoms with Gasteiger partial charge < -0.3 is 5.32 Å². The molecule has 6 heteroatoms. The summed E-state index contributed by atoms with van der Waals surface area (Å²) < 4.78 is 0. The van der Waals surface area contributed by atoms with Crippen molar-refractivity contribution in [3.05, 3.63) is 34.9 Å². The van der Waals surface area contributed by atoms with Gasteiger partial charge in [-0.05, 0) is 31.5 Å². The molecule has 0 aliphatic heterocycles. The van der Waals surface area contributed by atoms with Crippen molar-refractivity contribution in [3.63, 3.8) is 0 Å². The molecule has 0 unspecified atom stereocenters. The number of benzene rings is 1. The fourth-order valence-electron chi connectivity index (χ4n) is 1.09. The zero-order chi connectivity index (χ0) is 13.5. The van der Waals surface area contributed by atoms with Crippen molar-refractivity contribution in [1.29, 1.82) is 0 Å². The third kappa shape index (κ3) is 4.97. The fourth-order valence-corrected chi connectivity index (χ4v) is 1.22. The van der Waals surface area contributed by atoms with Crippen LogP contribution >= 0.6 is 11.6 Å². The van der Waals surface area contributed by atoms with E-state index in [1.165, 1.54) is 6.21 Å². The van der Waals surface area contributed by atoms with Gasteiger partial charge in [0.2, 0.25) is 0 Å². The maximum Gasteiger partial charge on any atom is 0.329 e. The van der Waals surface area contributed by atoms with Gasteiger partial charge in [-0.2, -0.15) is 5.10 Å². The van der Waals surface area contributed by atoms with Crippen LogP contribution < -0.4 is 10.7 Å². The molecule has 0 aliphatic carbocycles. The van der Waals surface area contributed by atoms with Crippen LogP contribution in [0.25, 0.3) is 0 Å². The second-order valence-corrected chi connectivity index (χ2v) is 4.32. The summed E-state index contributed by atoms with van der Waals surface area (Å²) in [7, 11) is 0. The molecule has 0 aliphatic rings. The predicted molar refractivity (Wildman–Crippen MR) is 70.5 cm³/mol. The molecular weight excluding hydrogens is 254 g/mol. The number of nitrogens with zero attached hydrogens (tertiary/aromatic N) is 1. The van der Waals surface area contributed by atoms with E-state index < -0.39 is 11.8 Å². The summed E-state index contributed by atoms with van der Waals surface area (Å²) in [6.45, 7) is 3.53. The van der Waals surface area contributed by atoms with E-state index in [4.69, 9.17) is 11.6 Å². The molecule has 18 heavy (non-hydrogen) atoms. The third-order valence-electron chi connectivity index (χ3n) is 1.88.